The quantitative estimate of drug-likeness (QED) is 0.679. The molecule has 2 amide bonds. The molecule has 2 fully saturated rings. The Hall–Kier alpha value is -2.72. The summed E-state index contributed by atoms with van der Waals surface area (Å²) in [5.41, 5.74) is 1.24. The van der Waals surface area contributed by atoms with E-state index < -0.39 is 0 Å². The Balaban J connectivity index is 1.50. The van der Waals surface area contributed by atoms with Gasteiger partial charge >= 0.3 is 0 Å². The first-order valence-electron chi connectivity index (χ1n) is 12.2. The van der Waals surface area contributed by atoms with E-state index in [0.29, 0.717) is 30.9 Å². The molecule has 10 nitrogen and oxygen atoms in total. The van der Waals surface area contributed by atoms with E-state index in [1.165, 1.54) is 4.52 Å². The minimum Gasteiger partial charge on any atom is -0.376 e. The second kappa shape index (κ2) is 8.81. The molecule has 2 unspecified atom stereocenters. The van der Waals surface area contributed by atoms with Gasteiger partial charge in [0, 0.05) is 37.8 Å². The van der Waals surface area contributed by atoms with Gasteiger partial charge in [0.15, 0.2) is 0 Å². The summed E-state index contributed by atoms with van der Waals surface area (Å²) < 4.78 is 14.3. The second-order valence-electron chi connectivity index (χ2n) is 10.5. The number of carbonyl (C=O) groups is 2. The summed E-state index contributed by atoms with van der Waals surface area (Å²) >= 11 is 0. The van der Waals surface area contributed by atoms with Gasteiger partial charge in [-0.1, -0.05) is 20.8 Å². The fourth-order valence-electron chi connectivity index (χ4n) is 4.96. The first kappa shape index (κ1) is 23.0. The molecule has 0 spiro atoms. The fraction of sp³-hybridized carbons (Fsp3) is 0.667. The van der Waals surface area contributed by atoms with Crippen LogP contribution in [0.5, 0.6) is 0 Å². The van der Waals surface area contributed by atoms with Crippen LogP contribution in [0.3, 0.4) is 0 Å². The number of rotatable bonds is 6. The molecule has 0 aliphatic carbocycles. The minimum absolute atomic E-state index is 0.0203. The van der Waals surface area contributed by atoms with Gasteiger partial charge in [0.2, 0.25) is 5.91 Å². The molecule has 0 saturated carbocycles. The average Bonchev–Trinajstić information content (AvgIpc) is 3.57. The number of ether oxygens (including phenoxy) is 2. The molecule has 0 aromatic carbocycles. The number of hydrogen-bond acceptors (Lipinski definition) is 6. The highest BCUT2D eigenvalue weighted by atomic mass is 16.5. The molecule has 3 aliphatic heterocycles. The Labute approximate surface area is 198 Å². The van der Waals surface area contributed by atoms with Crippen LogP contribution in [0.4, 0.5) is 0 Å². The predicted molar refractivity (Wildman–Crippen MR) is 124 cm³/mol. The Bertz CT molecular complexity index is 1170. The normalized spacial score (nSPS) is 22.7. The number of nitrogens with one attached hydrogen (secondary N) is 1. The van der Waals surface area contributed by atoms with Gasteiger partial charge in [0.1, 0.15) is 17.9 Å². The van der Waals surface area contributed by atoms with Crippen LogP contribution >= 0.6 is 0 Å². The highest BCUT2D eigenvalue weighted by Crippen LogP contribution is 2.27. The molecule has 34 heavy (non-hydrogen) atoms. The number of fused-ring (bicyclic) bond motifs is 2. The van der Waals surface area contributed by atoms with Crippen molar-refractivity contribution in [2.75, 3.05) is 26.3 Å². The van der Waals surface area contributed by atoms with Gasteiger partial charge in [-0.25, -0.2) is 0 Å². The van der Waals surface area contributed by atoms with Crippen molar-refractivity contribution in [2.45, 2.75) is 77.2 Å². The molecule has 1 N–H and O–H groups in total. The molecule has 5 rings (SSSR count). The first-order chi connectivity index (χ1) is 16.2. The standard InChI is InChI=1S/C24H33N5O5/c1-24(2,3)18-10-20-28(14-19(30)25-11-15-6-4-8-33-15)21-17(22(31)29(20)26-18)13-27(23(21)32)12-16-7-5-9-34-16/h10,15-16H,4-9,11-14H2,1-3H3,(H,25,30). The van der Waals surface area contributed by atoms with Crippen LogP contribution in [0.2, 0.25) is 0 Å². The van der Waals surface area contributed by atoms with Gasteiger partial charge in [0.25, 0.3) is 11.5 Å². The smallest absolute Gasteiger partial charge is 0.280 e. The van der Waals surface area contributed by atoms with Crippen molar-refractivity contribution in [3.8, 4) is 0 Å². The van der Waals surface area contributed by atoms with Gasteiger partial charge in [-0.15, -0.1) is 0 Å². The maximum Gasteiger partial charge on any atom is 0.280 e. The maximum absolute atomic E-state index is 13.5. The molecule has 0 bridgehead atoms. The lowest BCUT2D eigenvalue weighted by molar-refractivity contribution is -0.122. The maximum atomic E-state index is 13.5. The highest BCUT2D eigenvalue weighted by Gasteiger charge is 2.37. The van der Waals surface area contributed by atoms with Crippen LogP contribution < -0.4 is 10.9 Å². The van der Waals surface area contributed by atoms with E-state index in [-0.39, 0.29) is 53.8 Å². The monoisotopic (exact) mass is 471 g/mol. The van der Waals surface area contributed by atoms with Crippen LogP contribution in [0, 0.1) is 0 Å². The first-order valence-corrected chi connectivity index (χ1v) is 12.2. The zero-order valence-corrected chi connectivity index (χ0v) is 20.1. The SMILES string of the molecule is CC(C)(C)c1cc2n(CC(=O)NCC3CCCO3)c3c(c(=O)n2n1)CN(CC1CCCO1)C3=O. The molecule has 184 valence electrons. The van der Waals surface area contributed by atoms with Crippen molar-refractivity contribution < 1.29 is 19.1 Å². The van der Waals surface area contributed by atoms with E-state index in [1.807, 2.05) is 26.8 Å². The largest absolute Gasteiger partial charge is 0.376 e. The number of amides is 2. The van der Waals surface area contributed by atoms with Gasteiger partial charge in [-0.05, 0) is 25.7 Å². The topological polar surface area (TPSA) is 107 Å². The van der Waals surface area contributed by atoms with E-state index in [1.54, 1.807) is 9.47 Å². The summed E-state index contributed by atoms with van der Waals surface area (Å²) in [7, 11) is 0. The predicted octanol–water partition coefficient (Wildman–Crippen LogP) is 1.22. The molecule has 3 aliphatic rings. The van der Waals surface area contributed by atoms with Crippen LogP contribution in [-0.2, 0) is 32.8 Å². The van der Waals surface area contributed by atoms with Gasteiger partial charge < -0.3 is 24.3 Å². The Morgan fingerprint density at radius 2 is 1.85 bits per heavy atom. The lowest BCUT2D eigenvalue weighted by Gasteiger charge is -2.20. The van der Waals surface area contributed by atoms with E-state index in [2.05, 4.69) is 10.4 Å². The van der Waals surface area contributed by atoms with Crippen LogP contribution in [0.15, 0.2) is 10.9 Å². The Morgan fingerprint density at radius 1 is 1.15 bits per heavy atom. The minimum atomic E-state index is -0.306. The lowest BCUT2D eigenvalue weighted by Crippen LogP contribution is -2.36. The summed E-state index contributed by atoms with van der Waals surface area (Å²) in [6.45, 7) is 8.45. The van der Waals surface area contributed by atoms with Crippen LogP contribution in [0.1, 0.15) is 68.2 Å². The summed E-state index contributed by atoms with van der Waals surface area (Å²) in [6, 6.07) is 1.81. The number of aromatic nitrogens is 3. The fourth-order valence-corrected chi connectivity index (χ4v) is 4.96. The third kappa shape index (κ3) is 4.24. The van der Waals surface area contributed by atoms with Crippen molar-refractivity contribution in [1.29, 1.82) is 0 Å². The number of nitrogens with zero attached hydrogens (tertiary/aromatic N) is 4. The van der Waals surface area contributed by atoms with Crippen molar-refractivity contribution in [3.63, 3.8) is 0 Å². The summed E-state index contributed by atoms with van der Waals surface area (Å²) in [4.78, 5) is 41.5. The molecule has 2 atom stereocenters. The molecular formula is C24H33N5O5. The van der Waals surface area contributed by atoms with Crippen molar-refractivity contribution in [3.05, 3.63) is 33.4 Å². The van der Waals surface area contributed by atoms with Gasteiger partial charge in [-0.3, -0.25) is 14.4 Å². The van der Waals surface area contributed by atoms with Gasteiger partial charge in [0.05, 0.1) is 30.0 Å². The van der Waals surface area contributed by atoms with E-state index in [4.69, 9.17) is 9.47 Å². The molecule has 10 heteroatoms. The molecule has 2 aromatic heterocycles. The zero-order chi connectivity index (χ0) is 24.0. The summed E-state index contributed by atoms with van der Waals surface area (Å²) in [5, 5.41) is 7.50. The third-order valence-corrected chi connectivity index (χ3v) is 6.88. The molecule has 5 heterocycles. The lowest BCUT2D eigenvalue weighted by atomic mass is 9.93. The van der Waals surface area contributed by atoms with Crippen molar-refractivity contribution in [1.82, 2.24) is 24.4 Å². The van der Waals surface area contributed by atoms with E-state index in [9.17, 15) is 14.4 Å². The van der Waals surface area contributed by atoms with Crippen LogP contribution in [0.25, 0.3) is 5.65 Å². The van der Waals surface area contributed by atoms with Crippen molar-refractivity contribution >= 4 is 17.5 Å². The third-order valence-electron chi connectivity index (χ3n) is 6.88. The molecular weight excluding hydrogens is 438 g/mol. The second-order valence-corrected chi connectivity index (χ2v) is 10.5. The van der Waals surface area contributed by atoms with Crippen molar-refractivity contribution in [2.24, 2.45) is 0 Å². The molecule has 2 saturated heterocycles. The van der Waals surface area contributed by atoms with E-state index in [0.717, 1.165) is 38.0 Å². The van der Waals surface area contributed by atoms with E-state index >= 15 is 0 Å². The molecule has 2 aromatic rings. The average molecular weight is 472 g/mol. The molecule has 0 radical (unpaired) electrons. The highest BCUT2D eigenvalue weighted by molar-refractivity contribution is 5.97. The number of carbonyl (C=O) groups excluding carboxylic acids is 2. The number of hydrogen-bond donors (Lipinski definition) is 1. The van der Waals surface area contributed by atoms with Crippen LogP contribution in [-0.4, -0.2) is 69.4 Å². The Kier molecular flexibility index (Phi) is 5.97. The summed E-state index contributed by atoms with van der Waals surface area (Å²) in [6.07, 6.45) is 3.79. The zero-order valence-electron chi connectivity index (χ0n) is 20.1. The van der Waals surface area contributed by atoms with Gasteiger partial charge in [-0.2, -0.15) is 9.61 Å². The Morgan fingerprint density at radius 3 is 2.50 bits per heavy atom. The summed E-state index contributed by atoms with van der Waals surface area (Å²) in [5.74, 6) is -0.470.